The number of alkyl halides is 5. The van der Waals surface area contributed by atoms with Crippen molar-refractivity contribution in [1.29, 1.82) is 0 Å². The molecule has 1 aromatic carbocycles. The number of benzene rings is 1. The molecule has 29 heavy (non-hydrogen) atoms. The highest BCUT2D eigenvalue weighted by Crippen LogP contribution is 2.46. The van der Waals surface area contributed by atoms with Gasteiger partial charge in [-0.15, -0.1) is 0 Å². The molecule has 2 saturated carbocycles. The molecule has 2 fully saturated rings. The van der Waals surface area contributed by atoms with E-state index in [1.54, 1.807) is 0 Å². The Bertz CT molecular complexity index is 671. The van der Waals surface area contributed by atoms with Crippen LogP contribution in [0.3, 0.4) is 0 Å². The molecule has 0 unspecified atom stereocenters. The Morgan fingerprint density at radius 3 is 1.66 bits per heavy atom. The summed E-state index contributed by atoms with van der Waals surface area (Å²) in [5, 5.41) is 0. The van der Waals surface area contributed by atoms with Gasteiger partial charge in [-0.3, -0.25) is 0 Å². The number of halogens is 7. The summed E-state index contributed by atoms with van der Waals surface area (Å²) in [7, 11) is 0. The summed E-state index contributed by atoms with van der Waals surface area (Å²) < 4.78 is 93.2. The Morgan fingerprint density at radius 1 is 0.759 bits per heavy atom. The number of hydrogen-bond acceptors (Lipinski definition) is 0. The van der Waals surface area contributed by atoms with E-state index in [2.05, 4.69) is 6.92 Å². The summed E-state index contributed by atoms with van der Waals surface area (Å²) in [6.07, 6.45) is 0.364. The Labute approximate surface area is 166 Å². The minimum Gasteiger partial charge on any atom is -0.206 e. The van der Waals surface area contributed by atoms with Crippen molar-refractivity contribution >= 4 is 0 Å². The highest BCUT2D eigenvalue weighted by atomic mass is 19.4. The van der Waals surface area contributed by atoms with Crippen LogP contribution in [0.15, 0.2) is 12.1 Å². The first-order valence-electron chi connectivity index (χ1n) is 10.4. The van der Waals surface area contributed by atoms with Crippen molar-refractivity contribution in [3.63, 3.8) is 0 Å². The lowest BCUT2D eigenvalue weighted by molar-refractivity contribution is -0.192. The monoisotopic (exact) mass is 424 g/mol. The van der Waals surface area contributed by atoms with Crippen LogP contribution in [-0.4, -0.2) is 6.18 Å². The zero-order valence-corrected chi connectivity index (χ0v) is 16.5. The molecule has 0 saturated heterocycles. The Kier molecular flexibility index (Phi) is 6.54. The molecule has 0 aromatic heterocycles. The Morgan fingerprint density at radius 2 is 1.21 bits per heavy atom. The molecule has 0 spiro atoms. The van der Waals surface area contributed by atoms with Gasteiger partial charge in [0.05, 0.1) is 5.56 Å². The fourth-order valence-corrected chi connectivity index (χ4v) is 5.20. The fourth-order valence-electron chi connectivity index (χ4n) is 5.20. The minimum absolute atomic E-state index is 0.150. The average molecular weight is 424 g/mol. The van der Waals surface area contributed by atoms with Gasteiger partial charge in [0.1, 0.15) is 18.1 Å². The normalized spacial score (nSPS) is 29.1. The quantitative estimate of drug-likeness (QED) is 0.428. The maximum Gasteiger partial charge on any atom is 0.395 e. The molecule has 0 nitrogen and oxygen atoms in total. The zero-order chi connectivity index (χ0) is 21.4. The summed E-state index contributed by atoms with van der Waals surface area (Å²) in [6, 6.07) is 1.60. The van der Waals surface area contributed by atoms with Crippen LogP contribution in [0.4, 0.5) is 30.7 Å². The SMILES string of the molecule is CC1CCC(C2CCC(c3cc(F)c(C(F)(F)CC(F)(F)F)c(F)c3)CC2)CC1. The highest BCUT2D eigenvalue weighted by molar-refractivity contribution is 5.32. The minimum atomic E-state index is -5.23. The van der Waals surface area contributed by atoms with Crippen molar-refractivity contribution < 1.29 is 30.7 Å². The van der Waals surface area contributed by atoms with Crippen molar-refractivity contribution in [3.05, 3.63) is 34.9 Å². The second-order valence-electron chi connectivity index (χ2n) is 8.99. The first-order valence-corrected chi connectivity index (χ1v) is 10.4. The van der Waals surface area contributed by atoms with E-state index < -0.39 is 35.7 Å². The Hall–Kier alpha value is -1.27. The lowest BCUT2D eigenvalue weighted by atomic mass is 9.68. The molecule has 1 aromatic rings. The van der Waals surface area contributed by atoms with Crippen LogP contribution in [0.2, 0.25) is 0 Å². The van der Waals surface area contributed by atoms with Gasteiger partial charge in [-0.05, 0) is 79.9 Å². The van der Waals surface area contributed by atoms with Crippen molar-refractivity contribution in [3.8, 4) is 0 Å². The van der Waals surface area contributed by atoms with E-state index >= 15 is 0 Å². The fraction of sp³-hybridized carbons (Fsp3) is 0.727. The van der Waals surface area contributed by atoms with E-state index in [-0.39, 0.29) is 11.5 Å². The third kappa shape index (κ3) is 5.46. The van der Waals surface area contributed by atoms with Crippen LogP contribution in [0.1, 0.15) is 81.8 Å². The molecular formula is C22H27F7. The average Bonchev–Trinajstić information content (AvgIpc) is 2.59. The van der Waals surface area contributed by atoms with Gasteiger partial charge in [0.15, 0.2) is 0 Å². The summed E-state index contributed by atoms with van der Waals surface area (Å²) in [5.41, 5.74) is -1.52. The molecular weight excluding hydrogens is 397 g/mol. The van der Waals surface area contributed by atoms with E-state index in [1.807, 2.05) is 0 Å². The zero-order valence-electron chi connectivity index (χ0n) is 16.5. The number of hydrogen-bond donors (Lipinski definition) is 0. The van der Waals surface area contributed by atoms with E-state index in [1.165, 1.54) is 25.7 Å². The van der Waals surface area contributed by atoms with Crippen molar-refractivity contribution in [2.45, 2.75) is 82.7 Å². The molecule has 2 aliphatic carbocycles. The van der Waals surface area contributed by atoms with Crippen LogP contribution in [0.25, 0.3) is 0 Å². The summed E-state index contributed by atoms with van der Waals surface area (Å²) >= 11 is 0. The molecule has 0 radical (unpaired) electrons. The van der Waals surface area contributed by atoms with Gasteiger partial charge in [0.25, 0.3) is 5.92 Å². The highest BCUT2D eigenvalue weighted by Gasteiger charge is 2.48. The van der Waals surface area contributed by atoms with Gasteiger partial charge in [0, 0.05) is 0 Å². The van der Waals surface area contributed by atoms with Crippen LogP contribution in [0, 0.1) is 29.4 Å². The molecule has 0 N–H and O–H groups in total. The molecule has 0 amide bonds. The van der Waals surface area contributed by atoms with Crippen LogP contribution >= 0.6 is 0 Å². The number of rotatable bonds is 4. The van der Waals surface area contributed by atoms with E-state index in [9.17, 15) is 30.7 Å². The van der Waals surface area contributed by atoms with Crippen molar-refractivity contribution in [2.24, 2.45) is 17.8 Å². The van der Waals surface area contributed by atoms with Crippen molar-refractivity contribution in [2.75, 3.05) is 0 Å². The topological polar surface area (TPSA) is 0 Å². The maximum atomic E-state index is 14.3. The summed E-state index contributed by atoms with van der Waals surface area (Å²) in [6.45, 7) is 2.26. The lowest BCUT2D eigenvalue weighted by Crippen LogP contribution is -2.27. The van der Waals surface area contributed by atoms with Gasteiger partial charge in [-0.25, -0.2) is 17.6 Å². The molecule has 0 aliphatic heterocycles. The molecule has 0 heterocycles. The maximum absolute atomic E-state index is 14.3. The van der Waals surface area contributed by atoms with E-state index in [4.69, 9.17) is 0 Å². The molecule has 164 valence electrons. The molecule has 0 bridgehead atoms. The third-order valence-electron chi connectivity index (χ3n) is 6.82. The van der Waals surface area contributed by atoms with E-state index in [0.29, 0.717) is 24.7 Å². The van der Waals surface area contributed by atoms with Gasteiger partial charge in [-0.1, -0.05) is 19.8 Å². The van der Waals surface area contributed by atoms with Gasteiger partial charge < -0.3 is 0 Å². The predicted molar refractivity (Wildman–Crippen MR) is 96.7 cm³/mol. The standard InChI is InChI=1S/C22H27F7/c1-13-2-4-14(5-3-13)15-6-8-16(9-7-15)17-10-18(23)20(19(24)11-17)21(25,26)12-22(27,28)29/h10-11,13-16H,2-9,12H2,1H3. The lowest BCUT2D eigenvalue weighted by Gasteiger charge is -2.37. The second kappa shape index (κ2) is 8.46. The smallest absolute Gasteiger partial charge is 0.206 e. The van der Waals surface area contributed by atoms with Gasteiger partial charge in [-0.2, -0.15) is 13.2 Å². The first kappa shape index (κ1) is 22.4. The Balaban J connectivity index is 1.68. The second-order valence-corrected chi connectivity index (χ2v) is 8.99. The van der Waals surface area contributed by atoms with Gasteiger partial charge in [0.2, 0.25) is 0 Å². The molecule has 3 rings (SSSR count). The van der Waals surface area contributed by atoms with Crippen molar-refractivity contribution in [1.82, 2.24) is 0 Å². The van der Waals surface area contributed by atoms with Gasteiger partial charge >= 0.3 is 6.18 Å². The van der Waals surface area contributed by atoms with E-state index in [0.717, 1.165) is 30.9 Å². The summed E-state index contributed by atoms with van der Waals surface area (Å²) in [4.78, 5) is 0. The largest absolute Gasteiger partial charge is 0.395 e. The predicted octanol–water partition coefficient (Wildman–Crippen LogP) is 8.11. The summed E-state index contributed by atoms with van der Waals surface area (Å²) in [5.74, 6) is -5.95. The molecule has 0 atom stereocenters. The molecule has 2 aliphatic rings. The van der Waals surface area contributed by atoms with Crippen LogP contribution < -0.4 is 0 Å². The van der Waals surface area contributed by atoms with Crippen LogP contribution in [-0.2, 0) is 5.92 Å². The molecule has 7 heteroatoms. The first-order chi connectivity index (χ1) is 13.5. The van der Waals surface area contributed by atoms with Crippen LogP contribution in [0.5, 0.6) is 0 Å². The third-order valence-corrected chi connectivity index (χ3v) is 6.82.